The molecule has 0 heterocycles. The van der Waals surface area contributed by atoms with Crippen LogP contribution in [0.25, 0.3) is 0 Å². The molecule has 0 saturated heterocycles. The van der Waals surface area contributed by atoms with E-state index in [9.17, 15) is 5.11 Å². The van der Waals surface area contributed by atoms with Gasteiger partial charge in [0.1, 0.15) is 0 Å². The third-order valence-corrected chi connectivity index (χ3v) is 4.21. The highest BCUT2D eigenvalue weighted by Gasteiger charge is 2.43. The minimum Gasteiger partial charge on any atom is -0.392 e. The molecular weight excluding hydrogens is 220 g/mol. The van der Waals surface area contributed by atoms with Gasteiger partial charge in [-0.3, -0.25) is 0 Å². The Labute approximate surface area is 114 Å². The van der Waals surface area contributed by atoms with Crippen LogP contribution in [-0.4, -0.2) is 11.2 Å². The zero-order chi connectivity index (χ0) is 14.4. The van der Waals surface area contributed by atoms with Crippen molar-refractivity contribution in [3.63, 3.8) is 0 Å². The summed E-state index contributed by atoms with van der Waals surface area (Å²) in [5.41, 5.74) is 1.78. The van der Waals surface area contributed by atoms with Crippen LogP contribution in [0.3, 0.4) is 0 Å². The third-order valence-electron chi connectivity index (χ3n) is 4.21. The Kier molecular flexibility index (Phi) is 4.08. The van der Waals surface area contributed by atoms with E-state index in [2.05, 4.69) is 61.5 Å². The quantitative estimate of drug-likeness (QED) is 0.700. The van der Waals surface area contributed by atoms with Gasteiger partial charge in [0.05, 0.1) is 6.10 Å². The fourth-order valence-corrected chi connectivity index (χ4v) is 3.60. The predicted octanol–water partition coefficient (Wildman–Crippen LogP) is 4.80. The summed E-state index contributed by atoms with van der Waals surface area (Å²) in [6, 6.07) is 0. The Bertz CT molecular complexity index is 328. The van der Waals surface area contributed by atoms with E-state index in [1.165, 1.54) is 12.0 Å². The van der Waals surface area contributed by atoms with Crippen LogP contribution in [0.2, 0.25) is 0 Å². The zero-order valence-electron chi connectivity index (χ0n) is 13.6. The van der Waals surface area contributed by atoms with Gasteiger partial charge in [0, 0.05) is 5.41 Å². The minimum absolute atomic E-state index is 0.0142. The molecule has 0 spiro atoms. The van der Waals surface area contributed by atoms with Crippen LogP contribution >= 0.6 is 0 Å². The maximum absolute atomic E-state index is 10.5. The largest absolute Gasteiger partial charge is 0.392 e. The summed E-state index contributed by atoms with van der Waals surface area (Å²) in [5.74, 6) is 0.607. The van der Waals surface area contributed by atoms with Crippen molar-refractivity contribution < 1.29 is 5.11 Å². The van der Waals surface area contributed by atoms with Gasteiger partial charge < -0.3 is 5.11 Å². The molecule has 18 heavy (non-hydrogen) atoms. The Morgan fingerprint density at radius 1 is 1.28 bits per heavy atom. The molecule has 0 aliphatic heterocycles. The Morgan fingerprint density at radius 3 is 2.17 bits per heavy atom. The zero-order valence-corrected chi connectivity index (χ0v) is 13.6. The summed E-state index contributed by atoms with van der Waals surface area (Å²) in [4.78, 5) is 0. The highest BCUT2D eigenvalue weighted by atomic mass is 16.3. The smallest absolute Gasteiger partial charge is 0.0679 e. The SMILES string of the molecule is CC(CC(C)(C)C)C1=CC(C)(C)C(O)C(C)(C)C1. The molecule has 1 N–H and O–H groups in total. The first kappa shape index (κ1) is 15.8. The van der Waals surface area contributed by atoms with E-state index in [1.54, 1.807) is 0 Å². The number of aliphatic hydroxyl groups is 1. The van der Waals surface area contributed by atoms with Crippen molar-refractivity contribution in [2.45, 2.75) is 74.3 Å². The van der Waals surface area contributed by atoms with E-state index >= 15 is 0 Å². The fraction of sp³-hybridized carbons (Fsp3) is 0.882. The normalized spacial score (nSPS) is 28.7. The summed E-state index contributed by atoms with van der Waals surface area (Å²) in [5, 5.41) is 10.5. The van der Waals surface area contributed by atoms with E-state index in [0.717, 1.165) is 6.42 Å². The Balaban J connectivity index is 2.97. The van der Waals surface area contributed by atoms with E-state index in [0.29, 0.717) is 11.3 Å². The molecule has 1 nitrogen and oxygen atoms in total. The van der Waals surface area contributed by atoms with Gasteiger partial charge in [-0.15, -0.1) is 0 Å². The van der Waals surface area contributed by atoms with Gasteiger partial charge >= 0.3 is 0 Å². The van der Waals surface area contributed by atoms with Crippen molar-refractivity contribution in [1.29, 1.82) is 0 Å². The molecule has 0 aromatic rings. The molecule has 106 valence electrons. The summed E-state index contributed by atoms with van der Waals surface area (Å²) in [6.45, 7) is 17.9. The maximum atomic E-state index is 10.5. The first-order valence-electron chi connectivity index (χ1n) is 7.25. The van der Waals surface area contributed by atoms with Gasteiger partial charge in [-0.05, 0) is 29.6 Å². The molecule has 1 heteroatoms. The number of aliphatic hydroxyl groups excluding tert-OH is 1. The number of hydrogen-bond donors (Lipinski definition) is 1. The first-order valence-corrected chi connectivity index (χ1v) is 7.25. The van der Waals surface area contributed by atoms with Crippen LogP contribution < -0.4 is 0 Å². The topological polar surface area (TPSA) is 20.2 Å². The molecule has 0 radical (unpaired) electrons. The molecule has 1 aliphatic carbocycles. The van der Waals surface area contributed by atoms with Gasteiger partial charge in [-0.25, -0.2) is 0 Å². The number of rotatable bonds is 2. The van der Waals surface area contributed by atoms with Crippen molar-refractivity contribution in [1.82, 2.24) is 0 Å². The maximum Gasteiger partial charge on any atom is 0.0679 e. The molecule has 0 aromatic carbocycles. The van der Waals surface area contributed by atoms with Crippen LogP contribution in [0, 0.1) is 22.2 Å². The van der Waals surface area contributed by atoms with Gasteiger partial charge in [0.25, 0.3) is 0 Å². The number of allylic oxidation sites excluding steroid dienone is 1. The lowest BCUT2D eigenvalue weighted by Gasteiger charge is -2.46. The lowest BCUT2D eigenvalue weighted by Crippen LogP contribution is -2.44. The third kappa shape index (κ3) is 3.60. The van der Waals surface area contributed by atoms with Crippen molar-refractivity contribution in [2.24, 2.45) is 22.2 Å². The average Bonchev–Trinajstić information content (AvgIpc) is 2.10. The average molecular weight is 252 g/mol. The number of hydrogen-bond acceptors (Lipinski definition) is 1. The molecule has 0 amide bonds. The minimum atomic E-state index is -0.254. The van der Waals surface area contributed by atoms with Crippen molar-refractivity contribution in [2.75, 3.05) is 0 Å². The molecule has 0 bridgehead atoms. The summed E-state index contributed by atoms with van der Waals surface area (Å²) in [7, 11) is 0. The predicted molar refractivity (Wildman–Crippen MR) is 79.5 cm³/mol. The molecule has 1 rings (SSSR count). The highest BCUT2D eigenvalue weighted by molar-refractivity contribution is 5.21. The second-order valence-corrected chi connectivity index (χ2v) is 8.77. The molecule has 0 saturated carbocycles. The van der Waals surface area contributed by atoms with E-state index in [4.69, 9.17) is 0 Å². The van der Waals surface area contributed by atoms with Crippen LogP contribution in [0.4, 0.5) is 0 Å². The van der Waals surface area contributed by atoms with E-state index in [1.807, 2.05) is 0 Å². The molecule has 2 atom stereocenters. The first-order chi connectivity index (χ1) is 7.85. The summed E-state index contributed by atoms with van der Waals surface area (Å²) >= 11 is 0. The molecule has 0 aromatic heterocycles. The van der Waals surface area contributed by atoms with Crippen molar-refractivity contribution >= 4 is 0 Å². The highest BCUT2D eigenvalue weighted by Crippen LogP contribution is 2.47. The van der Waals surface area contributed by atoms with E-state index < -0.39 is 0 Å². The van der Waals surface area contributed by atoms with Crippen LogP contribution in [0.15, 0.2) is 11.6 Å². The van der Waals surface area contributed by atoms with Crippen LogP contribution in [0.5, 0.6) is 0 Å². The Hall–Kier alpha value is -0.300. The van der Waals surface area contributed by atoms with Gasteiger partial charge in [0.15, 0.2) is 0 Å². The fourth-order valence-electron chi connectivity index (χ4n) is 3.60. The Morgan fingerprint density at radius 2 is 1.78 bits per heavy atom. The van der Waals surface area contributed by atoms with Crippen LogP contribution in [-0.2, 0) is 0 Å². The molecule has 0 fully saturated rings. The van der Waals surface area contributed by atoms with Gasteiger partial charge in [0.2, 0.25) is 0 Å². The lowest BCUT2D eigenvalue weighted by atomic mass is 9.62. The lowest BCUT2D eigenvalue weighted by molar-refractivity contribution is -0.0300. The second kappa shape index (κ2) is 4.67. The standard InChI is InChI=1S/C17H32O/c1-12(9-15(2,3)4)13-10-16(5,6)14(18)17(7,8)11-13/h10,12,14,18H,9,11H2,1-8H3. The second-order valence-electron chi connectivity index (χ2n) is 8.77. The molecular formula is C17H32O. The molecule has 1 aliphatic rings. The van der Waals surface area contributed by atoms with Gasteiger partial charge in [-0.2, -0.15) is 0 Å². The van der Waals surface area contributed by atoms with Crippen molar-refractivity contribution in [3.05, 3.63) is 11.6 Å². The van der Waals surface area contributed by atoms with E-state index in [-0.39, 0.29) is 16.9 Å². The monoisotopic (exact) mass is 252 g/mol. The van der Waals surface area contributed by atoms with Crippen molar-refractivity contribution in [3.8, 4) is 0 Å². The van der Waals surface area contributed by atoms with Gasteiger partial charge in [-0.1, -0.05) is 67.0 Å². The molecule has 2 unspecified atom stereocenters. The van der Waals surface area contributed by atoms with Crippen LogP contribution in [0.1, 0.15) is 68.2 Å². The summed E-state index contributed by atoms with van der Waals surface area (Å²) < 4.78 is 0. The summed E-state index contributed by atoms with van der Waals surface area (Å²) in [6.07, 6.45) is 4.31.